The Kier molecular flexibility index (Phi) is 14.3. The minimum atomic E-state index is -0.623. The van der Waals surface area contributed by atoms with Crippen LogP contribution in [0.25, 0.3) is 21.8 Å². The predicted molar refractivity (Wildman–Crippen MR) is 233 cm³/mol. The normalized spacial score (nSPS) is 13.0. The highest BCUT2D eigenvalue weighted by atomic mass is 35.5. The number of nitrogens with two attached hydrogens (primary N) is 2. The monoisotopic (exact) mass is 866 g/mol. The number of aromatic nitrogens is 2. The van der Waals surface area contributed by atoms with Crippen LogP contribution < -0.4 is 31.1 Å². The van der Waals surface area contributed by atoms with Crippen LogP contribution in [0.3, 0.4) is 0 Å². The maximum absolute atomic E-state index is 12.1. The first-order valence-corrected chi connectivity index (χ1v) is 20.2. The molecule has 4 aromatic carbocycles. The minimum Gasteiger partial charge on any atom is -0.508 e. The van der Waals surface area contributed by atoms with E-state index in [2.05, 4.69) is 9.97 Å². The Hall–Kier alpha value is -6.44. The molecule has 13 nitrogen and oxygen atoms in total. The van der Waals surface area contributed by atoms with Gasteiger partial charge in [-0.2, -0.15) is 0 Å². The molecule has 2 saturated carbocycles. The number of primary amides is 2. The number of halogens is 2. The molecule has 8 rings (SSSR count). The highest BCUT2D eigenvalue weighted by molar-refractivity contribution is 6.32. The Morgan fingerprint density at radius 1 is 0.721 bits per heavy atom. The lowest BCUT2D eigenvalue weighted by molar-refractivity contribution is -0.119. The molecule has 0 radical (unpaired) electrons. The van der Waals surface area contributed by atoms with Gasteiger partial charge in [0.1, 0.15) is 40.3 Å². The highest BCUT2D eigenvalue weighted by Crippen LogP contribution is 2.36. The average molecular weight is 868 g/mol. The second kappa shape index (κ2) is 19.7. The smallest absolute Gasteiger partial charge is 0.252 e. The highest BCUT2D eigenvalue weighted by Gasteiger charge is 2.25. The fraction of sp³-hybridized carbons (Fsp3) is 0.261. The number of hydrogen-bond donors (Lipinski definition) is 4. The molecule has 2 fully saturated rings. The molecule has 2 aliphatic rings. The van der Waals surface area contributed by atoms with E-state index < -0.39 is 11.8 Å². The number of nitrogens with zero attached hydrogens (tertiary/aromatic N) is 1. The summed E-state index contributed by atoms with van der Waals surface area (Å²) >= 11 is 12.3. The molecule has 6 aromatic rings. The van der Waals surface area contributed by atoms with Gasteiger partial charge in [0.2, 0.25) is 0 Å². The minimum absolute atomic E-state index is 0.137. The maximum atomic E-state index is 12.1. The summed E-state index contributed by atoms with van der Waals surface area (Å²) in [6, 6.07) is 19.4. The number of aromatic hydroxyl groups is 1. The van der Waals surface area contributed by atoms with Crippen LogP contribution >= 0.6 is 23.2 Å². The van der Waals surface area contributed by atoms with Crippen LogP contribution in [-0.2, 0) is 22.4 Å². The predicted octanol–water partition coefficient (Wildman–Crippen LogP) is 8.29. The molecule has 15 heteroatoms. The topological polar surface area (TPSA) is 214 Å². The first kappa shape index (κ1) is 44.1. The van der Waals surface area contributed by atoms with Gasteiger partial charge in [0.15, 0.2) is 5.43 Å². The molecular weight excluding hydrogens is 823 g/mol. The van der Waals surface area contributed by atoms with Crippen molar-refractivity contribution >= 4 is 68.4 Å². The van der Waals surface area contributed by atoms with Crippen LogP contribution in [0.1, 0.15) is 70.4 Å². The van der Waals surface area contributed by atoms with Gasteiger partial charge in [0.05, 0.1) is 36.4 Å². The summed E-state index contributed by atoms with van der Waals surface area (Å²) in [5.74, 6) is 2.25. The number of benzene rings is 4. The number of methoxy groups -OCH3 is 2. The number of H-pyrrole nitrogens is 1. The van der Waals surface area contributed by atoms with E-state index in [0.717, 1.165) is 24.0 Å². The molecule has 2 heterocycles. The van der Waals surface area contributed by atoms with Crippen LogP contribution in [0, 0.1) is 11.8 Å². The second-order valence-electron chi connectivity index (χ2n) is 14.9. The molecule has 2 aromatic heterocycles. The molecule has 0 saturated heterocycles. The Morgan fingerprint density at radius 3 is 1.82 bits per heavy atom. The summed E-state index contributed by atoms with van der Waals surface area (Å²) in [6.45, 7) is 0. The summed E-state index contributed by atoms with van der Waals surface area (Å²) in [5, 5.41) is 11.1. The van der Waals surface area contributed by atoms with Crippen molar-refractivity contribution in [1.29, 1.82) is 0 Å². The van der Waals surface area contributed by atoms with Gasteiger partial charge in [0, 0.05) is 77.1 Å². The number of rotatable bonds is 14. The molecule has 0 bridgehead atoms. The molecule has 6 N–H and O–H groups in total. The number of carbonyl (C=O) groups is 4. The molecule has 316 valence electrons. The van der Waals surface area contributed by atoms with Gasteiger partial charge < -0.3 is 35.8 Å². The number of fused-ring (bicyclic) bond motifs is 2. The van der Waals surface area contributed by atoms with Crippen LogP contribution in [-0.4, -0.2) is 52.7 Å². The van der Waals surface area contributed by atoms with Crippen LogP contribution in [0.4, 0.5) is 0 Å². The van der Waals surface area contributed by atoms with Crippen molar-refractivity contribution in [1.82, 2.24) is 9.97 Å². The maximum Gasteiger partial charge on any atom is 0.252 e. The third kappa shape index (κ3) is 11.9. The SMILES string of the molecule is COc1cc2[nH]ccc(=O)c2cc1C(N)=O.COc1cc2nccc(Oc3ccc(CC(=O)CC4CC4)c(Cl)c3)c2cc1C(N)=O.O=C(Cc1ccc(O)cc1Cl)CC1CC1. The van der Waals surface area contributed by atoms with Crippen LogP contribution in [0.5, 0.6) is 28.7 Å². The first-order chi connectivity index (χ1) is 29.2. The third-order valence-corrected chi connectivity index (χ3v) is 10.8. The van der Waals surface area contributed by atoms with Gasteiger partial charge in [0.25, 0.3) is 11.8 Å². The molecule has 0 aliphatic heterocycles. The van der Waals surface area contributed by atoms with E-state index in [0.29, 0.717) is 92.4 Å². The van der Waals surface area contributed by atoms with Gasteiger partial charge >= 0.3 is 0 Å². The van der Waals surface area contributed by atoms with Crippen LogP contribution in [0.15, 0.2) is 90.0 Å². The Morgan fingerprint density at radius 2 is 1.28 bits per heavy atom. The van der Waals surface area contributed by atoms with Crippen molar-refractivity contribution in [3.05, 3.63) is 128 Å². The zero-order valence-corrected chi connectivity index (χ0v) is 35.0. The van der Waals surface area contributed by atoms with E-state index in [1.807, 2.05) is 6.07 Å². The lowest BCUT2D eigenvalue weighted by atomic mass is 10.0. The lowest BCUT2D eigenvalue weighted by Crippen LogP contribution is -2.13. The number of hydrogen-bond acceptors (Lipinski definition) is 10. The van der Waals surface area contributed by atoms with Gasteiger partial charge in [-0.05, 0) is 91.1 Å². The number of amides is 2. The fourth-order valence-corrected chi connectivity index (χ4v) is 7.04. The molecule has 2 aliphatic carbocycles. The first-order valence-electron chi connectivity index (χ1n) is 19.5. The molecule has 61 heavy (non-hydrogen) atoms. The molecule has 0 atom stereocenters. The van der Waals surface area contributed by atoms with Crippen molar-refractivity contribution in [3.8, 4) is 28.7 Å². The van der Waals surface area contributed by atoms with E-state index in [9.17, 15) is 24.0 Å². The number of phenols is 1. The summed E-state index contributed by atoms with van der Waals surface area (Å²) in [7, 11) is 2.90. The summed E-state index contributed by atoms with van der Waals surface area (Å²) in [4.78, 5) is 65.4. The largest absolute Gasteiger partial charge is 0.508 e. The Balaban J connectivity index is 0.000000169. The van der Waals surface area contributed by atoms with Crippen LogP contribution in [0.2, 0.25) is 10.0 Å². The number of nitrogens with one attached hydrogen (secondary N) is 1. The quantitative estimate of drug-likeness (QED) is 0.0822. The molecule has 0 unspecified atom stereocenters. The van der Waals surface area contributed by atoms with E-state index in [1.165, 1.54) is 51.5 Å². The molecule has 0 spiro atoms. The average Bonchev–Trinajstić information content (AvgIpc) is 4.18. The van der Waals surface area contributed by atoms with Crippen molar-refractivity contribution in [2.45, 2.75) is 51.4 Å². The van der Waals surface area contributed by atoms with E-state index in [-0.39, 0.29) is 33.9 Å². The van der Waals surface area contributed by atoms with Crippen molar-refractivity contribution in [2.75, 3.05) is 14.2 Å². The summed E-state index contributed by atoms with van der Waals surface area (Å²) in [5.41, 5.74) is 13.7. The van der Waals surface area contributed by atoms with Crippen molar-refractivity contribution in [2.24, 2.45) is 23.3 Å². The number of ether oxygens (including phenoxy) is 3. The number of ketones is 2. The summed E-state index contributed by atoms with van der Waals surface area (Å²) in [6.07, 6.45) is 9.84. The summed E-state index contributed by atoms with van der Waals surface area (Å²) < 4.78 is 16.3. The van der Waals surface area contributed by atoms with Gasteiger partial charge in [-0.3, -0.25) is 29.0 Å². The molecular formula is C46H44Cl2N4O9. The fourth-order valence-electron chi connectivity index (χ4n) is 6.56. The van der Waals surface area contributed by atoms with E-state index in [1.54, 1.807) is 54.7 Å². The number of Topliss-reactive ketones (excluding diaryl/α,β-unsaturated/α-hetero) is 2. The van der Waals surface area contributed by atoms with E-state index >= 15 is 0 Å². The number of aromatic amines is 1. The number of carbonyl (C=O) groups excluding carboxylic acids is 4. The molecule has 2 amide bonds. The van der Waals surface area contributed by atoms with Gasteiger partial charge in [-0.15, -0.1) is 0 Å². The Labute approximate surface area is 360 Å². The van der Waals surface area contributed by atoms with Crippen molar-refractivity contribution < 1.29 is 38.5 Å². The number of pyridine rings is 2. The zero-order chi connectivity index (χ0) is 43.8. The van der Waals surface area contributed by atoms with Gasteiger partial charge in [-0.25, -0.2) is 0 Å². The lowest BCUT2D eigenvalue weighted by Gasteiger charge is -2.12. The third-order valence-electron chi connectivity index (χ3n) is 10.1. The second-order valence-corrected chi connectivity index (χ2v) is 15.7. The zero-order valence-electron chi connectivity index (χ0n) is 33.5. The van der Waals surface area contributed by atoms with E-state index in [4.69, 9.17) is 54.0 Å². The standard InChI is InChI=1S/C23H21ClN2O4.C12H13ClO2.C11H10N2O3/c1-29-22-12-20-17(11-18(22)23(25)28)21(6-7-26-20)30-16-5-4-14(19(24)10-16)9-15(27)8-13-2-3-13;13-12-7-10(14)4-3-9(12)6-11(15)5-8-1-2-8;1-16-10-5-8-6(4-7(10)11(12)15)9(14)2-3-13-8/h4-7,10-13H,2-3,8-9H2,1H3,(H2,25,28);3-4,7-8,14H,1-2,5-6H2;2-5H,1H3,(H2,12,15)(H,13,14). The van der Waals surface area contributed by atoms with Crippen molar-refractivity contribution in [3.63, 3.8) is 0 Å². The van der Waals surface area contributed by atoms with Gasteiger partial charge in [-0.1, -0.05) is 35.3 Å². The number of phenolic OH excluding ortho intramolecular Hbond substituents is 1. The Bertz CT molecular complexity index is 2690.